The van der Waals surface area contributed by atoms with Crippen LogP contribution in [-0.2, 0) is 20.3 Å². The van der Waals surface area contributed by atoms with Gasteiger partial charge in [-0.15, -0.1) is 0 Å². The van der Waals surface area contributed by atoms with E-state index in [0.717, 1.165) is 16.0 Å². The van der Waals surface area contributed by atoms with Gasteiger partial charge in [0.1, 0.15) is 5.75 Å². The molecule has 24 heavy (non-hydrogen) atoms. The molecule has 2 rings (SSSR count). The first-order chi connectivity index (χ1) is 11.0. The van der Waals surface area contributed by atoms with Gasteiger partial charge >= 0.3 is 5.97 Å². The zero-order valence-corrected chi connectivity index (χ0v) is 16.2. The van der Waals surface area contributed by atoms with Gasteiger partial charge in [-0.1, -0.05) is 46.8 Å². The first-order valence-corrected chi connectivity index (χ1v) is 9.19. The molecule has 0 fully saturated rings. The standard InChI is InChI=1S/C19H26O4S/c1-12(20)23-17-19(5,6)16(18(2,3)4)15(24(17)21)13-9-8-10-14(11-13)22-7/h8-11,17H,1-7H3. The van der Waals surface area contributed by atoms with Gasteiger partial charge in [-0.2, -0.15) is 0 Å². The number of hydrogen-bond donors (Lipinski definition) is 0. The third kappa shape index (κ3) is 3.27. The molecule has 132 valence electrons. The molecule has 5 heteroatoms. The quantitative estimate of drug-likeness (QED) is 0.769. The second-order valence-corrected chi connectivity index (χ2v) is 9.08. The van der Waals surface area contributed by atoms with E-state index in [1.807, 2.05) is 38.1 Å². The Labute approximate surface area is 146 Å². The lowest BCUT2D eigenvalue weighted by Gasteiger charge is -2.35. The summed E-state index contributed by atoms with van der Waals surface area (Å²) >= 11 is 0. The summed E-state index contributed by atoms with van der Waals surface area (Å²) in [7, 11) is 0.161. The van der Waals surface area contributed by atoms with Gasteiger partial charge in [-0.25, -0.2) is 0 Å². The highest BCUT2D eigenvalue weighted by atomic mass is 32.2. The lowest BCUT2D eigenvalue weighted by molar-refractivity contribution is -0.145. The Morgan fingerprint density at radius 2 is 1.88 bits per heavy atom. The fraction of sp³-hybridized carbons (Fsp3) is 0.526. The third-order valence-corrected chi connectivity index (χ3v) is 6.13. The third-order valence-electron chi connectivity index (χ3n) is 4.21. The van der Waals surface area contributed by atoms with E-state index < -0.39 is 27.6 Å². The summed E-state index contributed by atoms with van der Waals surface area (Å²) in [5.41, 5.74) is 0.471. The van der Waals surface area contributed by atoms with Gasteiger partial charge in [0.25, 0.3) is 0 Å². The number of ether oxygens (including phenoxy) is 2. The molecule has 1 heterocycles. The van der Waals surface area contributed by atoms with Crippen molar-refractivity contribution in [3.05, 3.63) is 35.4 Å². The van der Waals surface area contributed by atoms with Crippen molar-refractivity contribution in [1.29, 1.82) is 0 Å². The van der Waals surface area contributed by atoms with E-state index in [1.165, 1.54) is 6.92 Å². The smallest absolute Gasteiger partial charge is 0.303 e. The minimum atomic E-state index is -1.45. The van der Waals surface area contributed by atoms with Crippen molar-refractivity contribution in [2.45, 2.75) is 47.0 Å². The van der Waals surface area contributed by atoms with Crippen LogP contribution < -0.4 is 4.74 Å². The second-order valence-electron chi connectivity index (χ2n) is 7.65. The minimum Gasteiger partial charge on any atom is -0.497 e. The van der Waals surface area contributed by atoms with Crippen molar-refractivity contribution in [3.8, 4) is 5.75 Å². The van der Waals surface area contributed by atoms with Crippen molar-refractivity contribution >= 4 is 21.7 Å². The maximum absolute atomic E-state index is 13.2. The highest BCUT2D eigenvalue weighted by molar-refractivity contribution is 7.95. The maximum atomic E-state index is 13.2. The van der Waals surface area contributed by atoms with Gasteiger partial charge in [-0.05, 0) is 28.7 Å². The fourth-order valence-electron chi connectivity index (χ4n) is 3.56. The van der Waals surface area contributed by atoms with E-state index in [2.05, 4.69) is 20.8 Å². The zero-order valence-electron chi connectivity index (χ0n) is 15.4. The van der Waals surface area contributed by atoms with Crippen molar-refractivity contribution in [2.75, 3.05) is 7.11 Å². The average Bonchev–Trinajstić information content (AvgIpc) is 2.67. The second kappa shape index (κ2) is 6.36. The van der Waals surface area contributed by atoms with Crippen molar-refractivity contribution in [1.82, 2.24) is 0 Å². The molecule has 4 nitrogen and oxygen atoms in total. The molecule has 0 amide bonds. The highest BCUT2D eigenvalue weighted by Gasteiger charge is 2.52. The predicted octanol–water partition coefficient (Wildman–Crippen LogP) is 4.13. The Morgan fingerprint density at radius 3 is 2.38 bits per heavy atom. The average molecular weight is 350 g/mol. The molecule has 0 N–H and O–H groups in total. The summed E-state index contributed by atoms with van der Waals surface area (Å²) in [4.78, 5) is 12.3. The monoisotopic (exact) mass is 350 g/mol. The van der Waals surface area contributed by atoms with Crippen molar-refractivity contribution in [2.24, 2.45) is 10.8 Å². The molecule has 1 aromatic carbocycles. The Hall–Kier alpha value is -1.62. The Morgan fingerprint density at radius 1 is 1.25 bits per heavy atom. The molecule has 0 radical (unpaired) electrons. The van der Waals surface area contributed by atoms with Crippen molar-refractivity contribution < 1.29 is 18.5 Å². The zero-order chi connectivity index (χ0) is 18.3. The van der Waals surface area contributed by atoms with Crippen LogP contribution in [0.2, 0.25) is 0 Å². The van der Waals surface area contributed by atoms with E-state index in [1.54, 1.807) is 7.11 Å². The van der Waals surface area contributed by atoms with Crippen LogP contribution in [0, 0.1) is 10.8 Å². The van der Waals surface area contributed by atoms with Crippen LogP contribution in [-0.4, -0.2) is 22.7 Å². The molecule has 0 saturated heterocycles. The van der Waals surface area contributed by atoms with Gasteiger partial charge in [0.05, 0.1) is 22.8 Å². The van der Waals surface area contributed by atoms with E-state index in [9.17, 15) is 9.00 Å². The minimum absolute atomic E-state index is 0.216. The molecule has 1 aliphatic heterocycles. The molecule has 0 aromatic heterocycles. The van der Waals surface area contributed by atoms with E-state index in [0.29, 0.717) is 5.75 Å². The molecule has 0 spiro atoms. The topological polar surface area (TPSA) is 52.6 Å². The molecule has 0 bridgehead atoms. The molecule has 1 aromatic rings. The molecule has 2 atom stereocenters. The number of benzene rings is 1. The molecule has 0 aliphatic carbocycles. The number of carbonyl (C=O) groups is 1. The van der Waals surface area contributed by atoms with Crippen LogP contribution in [0.25, 0.3) is 4.91 Å². The Bertz CT molecular complexity index is 710. The van der Waals surface area contributed by atoms with Crippen LogP contribution in [0.3, 0.4) is 0 Å². The normalized spacial score (nSPS) is 23.3. The molecular formula is C19H26O4S. The SMILES string of the molecule is COc1cccc(C2=C(C(C)(C)C)C(C)(C)C(OC(C)=O)S2=O)c1. The fourth-order valence-corrected chi connectivity index (χ4v) is 5.78. The number of hydrogen-bond acceptors (Lipinski definition) is 4. The number of esters is 1. The summed E-state index contributed by atoms with van der Waals surface area (Å²) in [6, 6.07) is 7.54. The summed E-state index contributed by atoms with van der Waals surface area (Å²) in [6.45, 7) is 11.6. The maximum Gasteiger partial charge on any atom is 0.303 e. The van der Waals surface area contributed by atoms with Gasteiger partial charge in [0.2, 0.25) is 0 Å². The van der Waals surface area contributed by atoms with Crippen LogP contribution in [0.15, 0.2) is 29.8 Å². The number of carbonyl (C=O) groups excluding carboxylic acids is 1. The molecule has 0 saturated carbocycles. The number of rotatable bonds is 3. The molecular weight excluding hydrogens is 324 g/mol. The molecule has 2 unspecified atom stereocenters. The summed E-state index contributed by atoms with van der Waals surface area (Å²) in [6.07, 6.45) is 0. The van der Waals surface area contributed by atoms with E-state index >= 15 is 0 Å². The van der Waals surface area contributed by atoms with Crippen LogP contribution >= 0.6 is 0 Å². The largest absolute Gasteiger partial charge is 0.497 e. The van der Waals surface area contributed by atoms with Crippen molar-refractivity contribution in [3.63, 3.8) is 0 Å². The summed E-state index contributed by atoms with van der Waals surface area (Å²) < 4.78 is 24.0. The number of methoxy groups -OCH3 is 1. The first-order valence-electron chi connectivity index (χ1n) is 7.97. The van der Waals surface area contributed by atoms with Crippen LogP contribution in [0.4, 0.5) is 0 Å². The highest BCUT2D eigenvalue weighted by Crippen LogP contribution is 2.55. The van der Waals surface area contributed by atoms with Gasteiger partial charge in [-0.3, -0.25) is 9.00 Å². The van der Waals surface area contributed by atoms with Crippen LogP contribution in [0.5, 0.6) is 5.75 Å². The van der Waals surface area contributed by atoms with Gasteiger partial charge in [0.15, 0.2) is 5.44 Å². The van der Waals surface area contributed by atoms with Crippen LogP contribution in [0.1, 0.15) is 47.1 Å². The lowest BCUT2D eigenvalue weighted by Crippen LogP contribution is -2.36. The summed E-state index contributed by atoms with van der Waals surface area (Å²) in [5.74, 6) is 0.292. The summed E-state index contributed by atoms with van der Waals surface area (Å²) in [5, 5.41) is 0. The first kappa shape index (κ1) is 18.7. The van der Waals surface area contributed by atoms with Gasteiger partial charge in [0, 0.05) is 12.3 Å². The van der Waals surface area contributed by atoms with Gasteiger partial charge < -0.3 is 9.47 Å². The van der Waals surface area contributed by atoms with E-state index in [-0.39, 0.29) is 5.41 Å². The Kier molecular flexibility index (Phi) is 4.96. The lowest BCUT2D eigenvalue weighted by atomic mass is 9.70. The van der Waals surface area contributed by atoms with E-state index in [4.69, 9.17) is 9.47 Å². The Balaban J connectivity index is 2.70. The predicted molar refractivity (Wildman–Crippen MR) is 96.8 cm³/mol. The molecule has 1 aliphatic rings.